The molecule has 20 heavy (non-hydrogen) atoms. The molecule has 1 unspecified atom stereocenters. The summed E-state index contributed by atoms with van der Waals surface area (Å²) >= 11 is 0. The summed E-state index contributed by atoms with van der Waals surface area (Å²) < 4.78 is 0. The van der Waals surface area contributed by atoms with E-state index in [0.717, 1.165) is 25.9 Å². The molecule has 1 saturated heterocycles. The van der Waals surface area contributed by atoms with Gasteiger partial charge in [-0.15, -0.1) is 0 Å². The number of nitrogens with one attached hydrogen (secondary N) is 2. The van der Waals surface area contributed by atoms with Crippen molar-refractivity contribution < 1.29 is 19.8 Å². The highest BCUT2D eigenvalue weighted by Crippen LogP contribution is 2.25. The number of phenols is 1. The van der Waals surface area contributed by atoms with Gasteiger partial charge in [0.15, 0.2) is 0 Å². The van der Waals surface area contributed by atoms with Crippen LogP contribution in [-0.2, 0) is 4.79 Å². The largest absolute Gasteiger partial charge is 0.506 e. The number of aromatic carboxylic acids is 1. The van der Waals surface area contributed by atoms with Gasteiger partial charge in [-0.2, -0.15) is 0 Å². The maximum Gasteiger partial charge on any atom is 0.335 e. The van der Waals surface area contributed by atoms with E-state index in [1.54, 1.807) is 0 Å². The number of rotatable bonds is 5. The smallest absolute Gasteiger partial charge is 0.335 e. The van der Waals surface area contributed by atoms with Crippen molar-refractivity contribution in [3.8, 4) is 5.75 Å². The molecule has 0 aromatic heterocycles. The monoisotopic (exact) mass is 278 g/mol. The number of anilines is 1. The number of carbonyl (C=O) groups excluding carboxylic acids is 1. The molecule has 6 heteroatoms. The number of phenolic OH excluding ortho intramolecular Hbond substituents is 1. The third kappa shape index (κ3) is 3.71. The number of carbonyl (C=O) groups is 2. The highest BCUT2D eigenvalue weighted by Gasteiger charge is 2.16. The second kappa shape index (κ2) is 6.38. The van der Waals surface area contributed by atoms with Gasteiger partial charge < -0.3 is 20.8 Å². The first kappa shape index (κ1) is 14.3. The van der Waals surface area contributed by atoms with E-state index in [0.29, 0.717) is 12.3 Å². The average Bonchev–Trinajstić information content (AvgIpc) is 2.92. The SMILES string of the molecule is O=C(CCC1CCNC1)Nc1cc(C(=O)O)ccc1O. The molecule has 1 fully saturated rings. The Labute approximate surface area is 116 Å². The molecule has 108 valence electrons. The third-order valence-corrected chi connectivity index (χ3v) is 3.46. The molecule has 1 heterocycles. The summed E-state index contributed by atoms with van der Waals surface area (Å²) in [5.74, 6) is -0.933. The van der Waals surface area contributed by atoms with Crippen LogP contribution in [0, 0.1) is 5.92 Å². The van der Waals surface area contributed by atoms with E-state index < -0.39 is 5.97 Å². The molecule has 2 rings (SSSR count). The van der Waals surface area contributed by atoms with Gasteiger partial charge in [0, 0.05) is 6.42 Å². The van der Waals surface area contributed by atoms with Crippen molar-refractivity contribution >= 4 is 17.6 Å². The van der Waals surface area contributed by atoms with Crippen molar-refractivity contribution in [3.63, 3.8) is 0 Å². The minimum absolute atomic E-state index is 0.0260. The van der Waals surface area contributed by atoms with E-state index in [4.69, 9.17) is 5.11 Å². The number of benzene rings is 1. The van der Waals surface area contributed by atoms with Crippen molar-refractivity contribution in [2.24, 2.45) is 5.92 Å². The average molecular weight is 278 g/mol. The van der Waals surface area contributed by atoms with E-state index in [2.05, 4.69) is 10.6 Å². The molecular formula is C14H18N2O4. The Morgan fingerprint density at radius 1 is 1.40 bits per heavy atom. The predicted molar refractivity (Wildman–Crippen MR) is 73.9 cm³/mol. The van der Waals surface area contributed by atoms with Gasteiger partial charge in [0.05, 0.1) is 11.3 Å². The maximum absolute atomic E-state index is 11.8. The van der Waals surface area contributed by atoms with E-state index in [9.17, 15) is 14.7 Å². The van der Waals surface area contributed by atoms with Crippen LogP contribution in [0.3, 0.4) is 0 Å². The summed E-state index contributed by atoms with van der Waals surface area (Å²) in [5, 5.41) is 24.3. The Bertz CT molecular complexity index is 510. The van der Waals surface area contributed by atoms with Gasteiger partial charge in [0.1, 0.15) is 5.75 Å². The van der Waals surface area contributed by atoms with E-state index in [-0.39, 0.29) is 22.9 Å². The fraction of sp³-hybridized carbons (Fsp3) is 0.429. The van der Waals surface area contributed by atoms with Crippen LogP contribution in [-0.4, -0.2) is 35.2 Å². The lowest BCUT2D eigenvalue weighted by Gasteiger charge is -2.10. The minimum atomic E-state index is -1.10. The number of hydrogen-bond acceptors (Lipinski definition) is 4. The Hall–Kier alpha value is -2.08. The van der Waals surface area contributed by atoms with E-state index in [1.165, 1.54) is 18.2 Å². The van der Waals surface area contributed by atoms with Crippen LogP contribution in [0.5, 0.6) is 5.75 Å². The highest BCUT2D eigenvalue weighted by atomic mass is 16.4. The lowest BCUT2D eigenvalue weighted by Crippen LogP contribution is -2.15. The first-order valence-electron chi connectivity index (χ1n) is 6.63. The molecule has 4 N–H and O–H groups in total. The molecule has 1 aromatic carbocycles. The zero-order chi connectivity index (χ0) is 14.5. The van der Waals surface area contributed by atoms with E-state index >= 15 is 0 Å². The molecule has 0 saturated carbocycles. The molecule has 0 aliphatic carbocycles. The van der Waals surface area contributed by atoms with Crippen LogP contribution in [0.4, 0.5) is 5.69 Å². The highest BCUT2D eigenvalue weighted by molar-refractivity contribution is 5.95. The fourth-order valence-corrected chi connectivity index (χ4v) is 2.28. The minimum Gasteiger partial charge on any atom is -0.506 e. The topological polar surface area (TPSA) is 98.7 Å². The molecule has 6 nitrogen and oxygen atoms in total. The molecule has 1 atom stereocenters. The second-order valence-corrected chi connectivity index (χ2v) is 4.98. The van der Waals surface area contributed by atoms with Gasteiger partial charge >= 0.3 is 5.97 Å². The standard InChI is InChI=1S/C14H18N2O4/c17-12-3-2-10(14(19)20)7-11(12)16-13(18)4-1-9-5-6-15-8-9/h2-3,7,9,15,17H,1,4-6,8H2,(H,16,18)(H,19,20). The molecule has 1 aromatic rings. The molecule has 1 aliphatic rings. The van der Waals surface area contributed by atoms with Gasteiger partial charge in [0.2, 0.25) is 5.91 Å². The number of aromatic hydroxyl groups is 1. The Kier molecular flexibility index (Phi) is 4.57. The number of carboxylic acid groups (broad SMARTS) is 1. The van der Waals surface area contributed by atoms with Crippen molar-refractivity contribution in [2.75, 3.05) is 18.4 Å². The summed E-state index contributed by atoms with van der Waals surface area (Å²) in [6.45, 7) is 1.93. The molecule has 0 bridgehead atoms. The van der Waals surface area contributed by atoms with Crippen LogP contribution in [0.1, 0.15) is 29.6 Å². The van der Waals surface area contributed by atoms with Gasteiger partial charge in [0.25, 0.3) is 0 Å². The van der Waals surface area contributed by atoms with Crippen LogP contribution in [0.15, 0.2) is 18.2 Å². The van der Waals surface area contributed by atoms with Crippen molar-refractivity contribution in [1.82, 2.24) is 5.32 Å². The van der Waals surface area contributed by atoms with E-state index in [1.807, 2.05) is 0 Å². The van der Waals surface area contributed by atoms with Gasteiger partial charge in [-0.1, -0.05) is 0 Å². The quantitative estimate of drug-likeness (QED) is 0.611. The number of hydrogen-bond donors (Lipinski definition) is 4. The molecule has 1 amide bonds. The van der Waals surface area contributed by atoms with Crippen LogP contribution >= 0.6 is 0 Å². The van der Waals surface area contributed by atoms with Gasteiger partial charge in [-0.25, -0.2) is 4.79 Å². The molecule has 0 radical (unpaired) electrons. The predicted octanol–water partition coefficient (Wildman–Crippen LogP) is 1.42. The lowest BCUT2D eigenvalue weighted by molar-refractivity contribution is -0.116. The molecule has 0 spiro atoms. The zero-order valence-corrected chi connectivity index (χ0v) is 11.1. The summed E-state index contributed by atoms with van der Waals surface area (Å²) in [5.41, 5.74) is 0.164. The Morgan fingerprint density at radius 2 is 2.20 bits per heavy atom. The number of carboxylic acids is 1. The van der Waals surface area contributed by atoms with Crippen LogP contribution < -0.4 is 10.6 Å². The van der Waals surface area contributed by atoms with Crippen LogP contribution in [0.2, 0.25) is 0 Å². The Balaban J connectivity index is 1.92. The molecular weight excluding hydrogens is 260 g/mol. The summed E-state index contributed by atoms with van der Waals surface area (Å²) in [6, 6.07) is 3.81. The first-order chi connectivity index (χ1) is 9.56. The van der Waals surface area contributed by atoms with Gasteiger partial charge in [-0.05, 0) is 50.0 Å². The normalized spacial score (nSPS) is 17.9. The third-order valence-electron chi connectivity index (χ3n) is 3.46. The zero-order valence-electron chi connectivity index (χ0n) is 11.1. The fourth-order valence-electron chi connectivity index (χ4n) is 2.28. The summed E-state index contributed by atoms with van der Waals surface area (Å²) in [4.78, 5) is 22.7. The maximum atomic E-state index is 11.8. The van der Waals surface area contributed by atoms with Crippen LogP contribution in [0.25, 0.3) is 0 Å². The van der Waals surface area contributed by atoms with Crippen molar-refractivity contribution in [1.29, 1.82) is 0 Å². The summed E-state index contributed by atoms with van der Waals surface area (Å²) in [6.07, 6.45) is 2.23. The van der Waals surface area contributed by atoms with Crippen molar-refractivity contribution in [3.05, 3.63) is 23.8 Å². The summed E-state index contributed by atoms with van der Waals surface area (Å²) in [7, 11) is 0. The lowest BCUT2D eigenvalue weighted by atomic mass is 10.0. The second-order valence-electron chi connectivity index (χ2n) is 4.98. The number of amides is 1. The molecule has 1 aliphatic heterocycles. The van der Waals surface area contributed by atoms with Crippen molar-refractivity contribution in [2.45, 2.75) is 19.3 Å². The van der Waals surface area contributed by atoms with Gasteiger partial charge in [-0.3, -0.25) is 4.79 Å². The Morgan fingerprint density at radius 3 is 2.85 bits per heavy atom. The first-order valence-corrected chi connectivity index (χ1v) is 6.63.